The number of ether oxygens (including phenoxy) is 2. The number of methoxy groups -OCH3 is 1. The Bertz CT molecular complexity index is 636. The van der Waals surface area contributed by atoms with Crippen LogP contribution in [-0.4, -0.2) is 30.3 Å². The Balaban J connectivity index is 2.37. The molecule has 4 rings (SSSR count). The highest BCUT2D eigenvalue weighted by atomic mass is 16.5. The van der Waals surface area contributed by atoms with Gasteiger partial charge in [0.1, 0.15) is 17.7 Å². The fourth-order valence-electron chi connectivity index (χ4n) is 3.18. The van der Waals surface area contributed by atoms with E-state index in [1.54, 1.807) is 12.2 Å². The molecule has 19 heavy (non-hydrogen) atoms. The molecule has 0 amide bonds. The van der Waals surface area contributed by atoms with E-state index in [2.05, 4.69) is 17.1 Å². The average Bonchev–Trinajstić information content (AvgIpc) is 2.78. The van der Waals surface area contributed by atoms with Gasteiger partial charge in [-0.3, -0.25) is 0 Å². The zero-order valence-electron chi connectivity index (χ0n) is 11.0. The summed E-state index contributed by atoms with van der Waals surface area (Å²) in [5.41, 5.74) is -2.30. The molecule has 0 aliphatic carbocycles. The summed E-state index contributed by atoms with van der Waals surface area (Å²) in [6.07, 6.45) is 4.79. The molecular weight excluding hydrogens is 242 g/mol. The quantitative estimate of drug-likeness (QED) is 0.614. The van der Waals surface area contributed by atoms with Crippen LogP contribution >= 0.6 is 0 Å². The molecule has 0 spiro atoms. The Morgan fingerprint density at radius 1 is 1.42 bits per heavy atom. The number of rotatable bonds is 0. The number of nitrogens with zero attached hydrogens (tertiary/aromatic N) is 3. The largest absolute Gasteiger partial charge is 0.483 e. The summed E-state index contributed by atoms with van der Waals surface area (Å²) in [5.74, 6) is 0.323. The summed E-state index contributed by atoms with van der Waals surface area (Å²) in [6, 6.07) is 4.47. The van der Waals surface area contributed by atoms with Gasteiger partial charge in [0, 0.05) is 0 Å². The minimum absolute atomic E-state index is 0.323. The minimum Gasteiger partial charge on any atom is -0.483 e. The average molecular weight is 255 g/mol. The van der Waals surface area contributed by atoms with E-state index in [4.69, 9.17) is 9.47 Å². The van der Waals surface area contributed by atoms with Crippen molar-refractivity contribution in [2.45, 2.75) is 31.1 Å². The van der Waals surface area contributed by atoms with Crippen molar-refractivity contribution in [1.29, 1.82) is 10.5 Å². The monoisotopic (exact) mass is 255 g/mol. The van der Waals surface area contributed by atoms with Gasteiger partial charge in [-0.05, 0) is 25.5 Å². The Morgan fingerprint density at radius 3 is 2.74 bits per heavy atom. The molecule has 0 aromatic rings. The highest BCUT2D eigenvalue weighted by Gasteiger charge is 2.65. The molecule has 4 heterocycles. The summed E-state index contributed by atoms with van der Waals surface area (Å²) >= 11 is 0. The van der Waals surface area contributed by atoms with Crippen LogP contribution in [0.2, 0.25) is 0 Å². The van der Waals surface area contributed by atoms with Crippen molar-refractivity contribution in [1.82, 2.24) is 0 Å². The van der Waals surface area contributed by atoms with Crippen molar-refractivity contribution in [3.8, 4) is 12.1 Å². The van der Waals surface area contributed by atoms with E-state index in [0.717, 1.165) is 5.57 Å². The summed E-state index contributed by atoms with van der Waals surface area (Å²) < 4.78 is 11.2. The van der Waals surface area contributed by atoms with E-state index in [0.29, 0.717) is 5.90 Å². The second-order valence-corrected chi connectivity index (χ2v) is 5.26. The minimum atomic E-state index is -1.17. The molecular formula is C14H13N3O2. The maximum Gasteiger partial charge on any atom is 0.212 e. The van der Waals surface area contributed by atoms with Gasteiger partial charge < -0.3 is 9.47 Å². The van der Waals surface area contributed by atoms with Crippen LogP contribution in [-0.2, 0) is 9.47 Å². The lowest BCUT2D eigenvalue weighted by atomic mass is 9.69. The zero-order chi connectivity index (χ0) is 13.9. The standard InChI is InChI=1S/C14H13N3O2/c1-9-6-12(2)13(7-15)5-4-10(19-13)14(9,8-16)11(17-12)18-3/h4-6,10H,1-3H3. The molecule has 5 heteroatoms. The molecule has 4 unspecified atom stereocenters. The third kappa shape index (κ3) is 1.06. The van der Waals surface area contributed by atoms with Crippen molar-refractivity contribution < 1.29 is 9.47 Å². The Morgan fingerprint density at radius 2 is 2.16 bits per heavy atom. The number of hydrogen-bond acceptors (Lipinski definition) is 5. The van der Waals surface area contributed by atoms with Crippen LogP contribution in [0.4, 0.5) is 0 Å². The van der Waals surface area contributed by atoms with Crippen LogP contribution in [0.15, 0.2) is 28.8 Å². The highest BCUT2D eigenvalue weighted by molar-refractivity contribution is 5.93. The number of hydrogen-bond donors (Lipinski definition) is 0. The van der Waals surface area contributed by atoms with Gasteiger partial charge in [0.05, 0.1) is 13.2 Å². The number of nitriles is 2. The maximum absolute atomic E-state index is 9.68. The molecule has 0 fully saturated rings. The fourth-order valence-corrected chi connectivity index (χ4v) is 3.18. The predicted molar refractivity (Wildman–Crippen MR) is 67.0 cm³/mol. The van der Waals surface area contributed by atoms with Crippen LogP contribution in [0.5, 0.6) is 0 Å². The van der Waals surface area contributed by atoms with Gasteiger partial charge in [0.15, 0.2) is 5.41 Å². The van der Waals surface area contributed by atoms with Gasteiger partial charge in [-0.2, -0.15) is 10.5 Å². The summed E-state index contributed by atoms with van der Waals surface area (Å²) in [4.78, 5) is 4.51. The van der Waals surface area contributed by atoms with E-state index in [1.165, 1.54) is 7.11 Å². The molecule has 4 bridgehead atoms. The van der Waals surface area contributed by atoms with E-state index in [1.807, 2.05) is 19.9 Å². The number of aliphatic imine (C=N–C) groups is 1. The van der Waals surface area contributed by atoms with Gasteiger partial charge >= 0.3 is 0 Å². The third-order valence-corrected chi connectivity index (χ3v) is 4.32. The first-order valence-corrected chi connectivity index (χ1v) is 6.02. The molecule has 0 aromatic heterocycles. The lowest BCUT2D eigenvalue weighted by molar-refractivity contribution is -0.0229. The van der Waals surface area contributed by atoms with Crippen molar-refractivity contribution in [3.05, 3.63) is 23.8 Å². The van der Waals surface area contributed by atoms with E-state index < -0.39 is 22.7 Å². The molecule has 0 N–H and O–H groups in total. The smallest absolute Gasteiger partial charge is 0.212 e. The topological polar surface area (TPSA) is 78.4 Å². The Hall–Kier alpha value is -2.11. The Labute approximate surface area is 111 Å². The molecule has 0 saturated heterocycles. The molecule has 0 radical (unpaired) electrons. The van der Waals surface area contributed by atoms with Crippen molar-refractivity contribution in [2.24, 2.45) is 10.4 Å². The first kappa shape index (κ1) is 12.0. The molecule has 5 nitrogen and oxygen atoms in total. The van der Waals surface area contributed by atoms with Gasteiger partial charge in [-0.25, -0.2) is 4.99 Å². The van der Waals surface area contributed by atoms with Crippen LogP contribution in [0, 0.1) is 28.1 Å². The molecule has 0 aromatic carbocycles. The van der Waals surface area contributed by atoms with Crippen LogP contribution in [0.25, 0.3) is 0 Å². The lowest BCUT2D eigenvalue weighted by Gasteiger charge is -2.37. The van der Waals surface area contributed by atoms with E-state index >= 15 is 0 Å². The van der Waals surface area contributed by atoms with E-state index in [-0.39, 0.29) is 0 Å². The zero-order valence-corrected chi connectivity index (χ0v) is 11.0. The normalized spacial score (nSPS) is 45.8. The summed E-state index contributed by atoms with van der Waals surface area (Å²) in [7, 11) is 1.49. The first-order chi connectivity index (χ1) is 8.98. The van der Waals surface area contributed by atoms with Gasteiger partial charge in [0.2, 0.25) is 11.5 Å². The van der Waals surface area contributed by atoms with Crippen molar-refractivity contribution in [3.63, 3.8) is 0 Å². The lowest BCUT2D eigenvalue weighted by Crippen LogP contribution is -2.49. The van der Waals surface area contributed by atoms with Gasteiger partial charge in [-0.15, -0.1) is 0 Å². The van der Waals surface area contributed by atoms with E-state index in [9.17, 15) is 10.5 Å². The summed E-state index contributed by atoms with van der Waals surface area (Å²) in [6.45, 7) is 3.68. The van der Waals surface area contributed by atoms with Crippen LogP contribution in [0.1, 0.15) is 13.8 Å². The Kier molecular flexibility index (Phi) is 2.05. The SMILES string of the molecule is COC1=NC2(C)C=C(C)C1(C#N)C1C=CC2(C#N)O1. The highest BCUT2D eigenvalue weighted by Crippen LogP contribution is 2.53. The molecule has 4 aliphatic heterocycles. The van der Waals surface area contributed by atoms with Crippen LogP contribution < -0.4 is 0 Å². The van der Waals surface area contributed by atoms with Crippen molar-refractivity contribution >= 4 is 5.90 Å². The summed E-state index contributed by atoms with van der Waals surface area (Å²) in [5, 5.41) is 19.2. The maximum atomic E-state index is 9.68. The molecule has 4 atom stereocenters. The fraction of sp³-hybridized carbons (Fsp3) is 0.500. The molecule has 96 valence electrons. The predicted octanol–water partition coefficient (Wildman–Crippen LogP) is 1.49. The van der Waals surface area contributed by atoms with Crippen LogP contribution in [0.3, 0.4) is 0 Å². The van der Waals surface area contributed by atoms with Crippen molar-refractivity contribution in [2.75, 3.05) is 7.11 Å². The molecule has 4 aliphatic rings. The second-order valence-electron chi connectivity index (χ2n) is 5.26. The number of dihydropyridines is 1. The third-order valence-electron chi connectivity index (χ3n) is 4.32. The van der Waals surface area contributed by atoms with Gasteiger partial charge in [0.25, 0.3) is 0 Å². The first-order valence-electron chi connectivity index (χ1n) is 6.02. The van der Waals surface area contributed by atoms with Gasteiger partial charge in [-0.1, -0.05) is 12.2 Å². The second kappa shape index (κ2) is 3.26. The molecule has 0 saturated carbocycles.